The molecule has 0 saturated heterocycles. The number of para-hydroxylation sites is 3. The highest BCUT2D eigenvalue weighted by Gasteiger charge is 2.12. The van der Waals surface area contributed by atoms with Crippen LogP contribution < -0.4 is 15.8 Å². The zero-order valence-corrected chi connectivity index (χ0v) is 14.5. The number of sulfonamides is 1. The Bertz CT molecular complexity index is 1020. The van der Waals surface area contributed by atoms with Crippen molar-refractivity contribution in [2.24, 2.45) is 5.14 Å². The number of hydrogen-bond donors (Lipinski definition) is 3. The van der Waals surface area contributed by atoms with Crippen molar-refractivity contribution in [1.82, 2.24) is 0 Å². The highest BCUT2D eigenvalue weighted by atomic mass is 32.2. The molecule has 0 aliphatic heterocycles. The van der Waals surface area contributed by atoms with Gasteiger partial charge in [-0.05, 0) is 48.5 Å². The molecule has 0 unspecified atom stereocenters. The van der Waals surface area contributed by atoms with Crippen molar-refractivity contribution in [2.45, 2.75) is 4.90 Å². The Morgan fingerprint density at radius 2 is 1.35 bits per heavy atom. The molecular weight excluding hydrogens is 350 g/mol. The first-order valence-electron chi connectivity index (χ1n) is 7.79. The molecule has 132 valence electrons. The van der Waals surface area contributed by atoms with E-state index in [4.69, 9.17) is 5.14 Å². The monoisotopic (exact) mass is 367 g/mol. The molecule has 26 heavy (non-hydrogen) atoms. The van der Waals surface area contributed by atoms with Gasteiger partial charge in [-0.2, -0.15) is 0 Å². The molecular formula is C19H17N3O3S. The number of carbonyl (C=O) groups is 1. The molecule has 0 aliphatic rings. The van der Waals surface area contributed by atoms with Crippen LogP contribution in [0.25, 0.3) is 0 Å². The lowest BCUT2D eigenvalue weighted by Gasteiger charge is -2.13. The fourth-order valence-electron chi connectivity index (χ4n) is 2.37. The molecule has 0 saturated carbocycles. The van der Waals surface area contributed by atoms with Crippen LogP contribution in [0.4, 0.5) is 17.1 Å². The topological polar surface area (TPSA) is 101 Å². The Balaban J connectivity index is 1.79. The molecule has 7 heteroatoms. The Hall–Kier alpha value is -3.16. The van der Waals surface area contributed by atoms with Crippen molar-refractivity contribution in [3.63, 3.8) is 0 Å². The predicted octanol–water partition coefficient (Wildman–Crippen LogP) is 3.33. The predicted molar refractivity (Wildman–Crippen MR) is 102 cm³/mol. The lowest BCUT2D eigenvalue weighted by atomic mass is 10.2. The lowest BCUT2D eigenvalue weighted by molar-refractivity contribution is 0.102. The molecule has 0 aliphatic carbocycles. The summed E-state index contributed by atoms with van der Waals surface area (Å²) in [5.41, 5.74) is 2.57. The number of primary sulfonamides is 1. The largest absolute Gasteiger partial charge is 0.354 e. The van der Waals surface area contributed by atoms with Crippen LogP contribution in [-0.2, 0) is 10.0 Å². The summed E-state index contributed by atoms with van der Waals surface area (Å²) in [4.78, 5) is 12.4. The van der Waals surface area contributed by atoms with Crippen LogP contribution in [0.1, 0.15) is 10.4 Å². The minimum atomic E-state index is -3.79. The van der Waals surface area contributed by atoms with Gasteiger partial charge in [0.05, 0.1) is 16.3 Å². The maximum absolute atomic E-state index is 12.5. The van der Waals surface area contributed by atoms with Crippen LogP contribution in [-0.4, -0.2) is 14.3 Å². The normalized spacial score (nSPS) is 11.0. The summed E-state index contributed by atoms with van der Waals surface area (Å²) in [7, 11) is -3.79. The van der Waals surface area contributed by atoms with Gasteiger partial charge in [0.25, 0.3) is 5.91 Å². The molecule has 0 atom stereocenters. The second-order valence-corrected chi connectivity index (χ2v) is 7.12. The number of carbonyl (C=O) groups excluding carboxylic acids is 1. The molecule has 0 bridgehead atoms. The summed E-state index contributed by atoms with van der Waals surface area (Å²) in [5.74, 6) is -0.353. The summed E-state index contributed by atoms with van der Waals surface area (Å²) >= 11 is 0. The van der Waals surface area contributed by atoms with Gasteiger partial charge in [0, 0.05) is 11.3 Å². The Morgan fingerprint density at radius 1 is 0.769 bits per heavy atom. The van der Waals surface area contributed by atoms with E-state index in [1.54, 1.807) is 6.07 Å². The number of benzene rings is 3. The van der Waals surface area contributed by atoms with Gasteiger partial charge >= 0.3 is 0 Å². The molecule has 3 aromatic carbocycles. The quantitative estimate of drug-likeness (QED) is 0.644. The molecule has 1 amide bonds. The van der Waals surface area contributed by atoms with Crippen molar-refractivity contribution >= 4 is 33.0 Å². The van der Waals surface area contributed by atoms with Gasteiger partial charge in [-0.3, -0.25) is 4.79 Å². The highest BCUT2D eigenvalue weighted by Crippen LogP contribution is 2.25. The lowest BCUT2D eigenvalue weighted by Crippen LogP contribution is -2.15. The molecule has 3 rings (SSSR count). The minimum absolute atomic E-state index is 0.0415. The highest BCUT2D eigenvalue weighted by molar-refractivity contribution is 7.89. The van der Waals surface area contributed by atoms with Crippen LogP contribution in [0.3, 0.4) is 0 Å². The average molecular weight is 367 g/mol. The molecule has 0 spiro atoms. The standard InChI is InChI=1S/C19H17N3O3S/c20-26(24,25)16-12-10-14(11-13-16)19(23)22-18-9-5-4-8-17(18)21-15-6-2-1-3-7-15/h1-13,21H,(H,22,23)(H2,20,24,25). The minimum Gasteiger partial charge on any atom is -0.354 e. The summed E-state index contributed by atoms with van der Waals surface area (Å²) in [6.45, 7) is 0. The summed E-state index contributed by atoms with van der Waals surface area (Å²) in [6.07, 6.45) is 0. The molecule has 0 heterocycles. The zero-order chi connectivity index (χ0) is 18.6. The summed E-state index contributed by atoms with van der Waals surface area (Å²) in [6, 6.07) is 22.3. The van der Waals surface area contributed by atoms with Crippen LogP contribution in [0.5, 0.6) is 0 Å². The summed E-state index contributed by atoms with van der Waals surface area (Å²) < 4.78 is 22.6. The second-order valence-electron chi connectivity index (χ2n) is 5.56. The van der Waals surface area contributed by atoms with Gasteiger partial charge in [-0.15, -0.1) is 0 Å². The molecule has 0 fully saturated rings. The first-order valence-corrected chi connectivity index (χ1v) is 9.33. The zero-order valence-electron chi connectivity index (χ0n) is 13.7. The van der Waals surface area contributed by atoms with E-state index in [0.717, 1.165) is 11.4 Å². The van der Waals surface area contributed by atoms with Gasteiger partial charge < -0.3 is 10.6 Å². The smallest absolute Gasteiger partial charge is 0.255 e. The van der Waals surface area contributed by atoms with Crippen molar-refractivity contribution in [3.8, 4) is 0 Å². The number of rotatable bonds is 5. The van der Waals surface area contributed by atoms with E-state index in [1.807, 2.05) is 48.5 Å². The maximum Gasteiger partial charge on any atom is 0.255 e. The number of amides is 1. The van der Waals surface area contributed by atoms with Crippen molar-refractivity contribution in [1.29, 1.82) is 0 Å². The van der Waals surface area contributed by atoms with Crippen molar-refractivity contribution in [2.75, 3.05) is 10.6 Å². The SMILES string of the molecule is NS(=O)(=O)c1ccc(C(=O)Nc2ccccc2Nc2ccccc2)cc1. The fraction of sp³-hybridized carbons (Fsp3) is 0. The first-order chi connectivity index (χ1) is 12.4. The first kappa shape index (κ1) is 17.7. The molecule has 6 nitrogen and oxygen atoms in total. The van der Waals surface area contributed by atoms with Gasteiger partial charge in [0.2, 0.25) is 10.0 Å². The van der Waals surface area contributed by atoms with Gasteiger partial charge in [-0.25, -0.2) is 13.6 Å². The third kappa shape index (κ3) is 4.27. The van der Waals surface area contributed by atoms with Crippen LogP contribution in [0.2, 0.25) is 0 Å². The molecule has 3 aromatic rings. The van der Waals surface area contributed by atoms with Crippen LogP contribution in [0.15, 0.2) is 83.8 Å². The van der Waals surface area contributed by atoms with E-state index in [1.165, 1.54) is 24.3 Å². The number of nitrogens with one attached hydrogen (secondary N) is 2. The Morgan fingerprint density at radius 3 is 1.96 bits per heavy atom. The number of anilines is 3. The van der Waals surface area contributed by atoms with E-state index in [2.05, 4.69) is 10.6 Å². The molecule has 0 radical (unpaired) electrons. The second kappa shape index (κ2) is 7.38. The Kier molecular flexibility index (Phi) is 5.01. The average Bonchev–Trinajstić information content (AvgIpc) is 2.63. The summed E-state index contributed by atoms with van der Waals surface area (Å²) in [5, 5.41) is 11.1. The van der Waals surface area contributed by atoms with Gasteiger partial charge in [-0.1, -0.05) is 30.3 Å². The van der Waals surface area contributed by atoms with E-state index >= 15 is 0 Å². The van der Waals surface area contributed by atoms with Crippen molar-refractivity contribution in [3.05, 3.63) is 84.4 Å². The third-order valence-electron chi connectivity index (χ3n) is 3.67. The van der Waals surface area contributed by atoms with Crippen LogP contribution >= 0.6 is 0 Å². The van der Waals surface area contributed by atoms with Crippen molar-refractivity contribution < 1.29 is 13.2 Å². The maximum atomic E-state index is 12.5. The molecule has 4 N–H and O–H groups in total. The molecule has 0 aromatic heterocycles. The van der Waals surface area contributed by atoms with E-state index in [9.17, 15) is 13.2 Å². The van der Waals surface area contributed by atoms with Gasteiger partial charge in [0.1, 0.15) is 0 Å². The third-order valence-corrected chi connectivity index (χ3v) is 4.60. The fourth-order valence-corrected chi connectivity index (χ4v) is 2.88. The number of nitrogens with two attached hydrogens (primary N) is 1. The van der Waals surface area contributed by atoms with Gasteiger partial charge in [0.15, 0.2) is 0 Å². The van der Waals surface area contributed by atoms with E-state index in [0.29, 0.717) is 11.3 Å². The van der Waals surface area contributed by atoms with E-state index in [-0.39, 0.29) is 10.8 Å². The Labute approximate surface area is 151 Å². The number of hydrogen-bond acceptors (Lipinski definition) is 4. The van der Waals surface area contributed by atoms with Crippen LogP contribution in [0, 0.1) is 0 Å². The van der Waals surface area contributed by atoms with E-state index < -0.39 is 10.0 Å².